The Balaban J connectivity index is 1.68. The molecule has 0 aliphatic heterocycles. The Labute approximate surface area is 210 Å². The van der Waals surface area contributed by atoms with Gasteiger partial charge in [0.2, 0.25) is 0 Å². The summed E-state index contributed by atoms with van der Waals surface area (Å²) in [5.41, 5.74) is 9.41. The molecular formula is C33H25NO2. The lowest BCUT2D eigenvalue weighted by molar-refractivity contribution is 0.104. The van der Waals surface area contributed by atoms with Gasteiger partial charge in [-0.15, -0.1) is 0 Å². The normalized spacial score (nSPS) is 13.9. The number of carbonyl (C=O) groups is 1. The van der Waals surface area contributed by atoms with Gasteiger partial charge in [-0.25, -0.2) is 0 Å². The van der Waals surface area contributed by atoms with Crippen LogP contribution in [0.4, 0.5) is 0 Å². The number of carbonyl (C=O) groups excluding carboxylic acids is 1. The van der Waals surface area contributed by atoms with E-state index in [1.165, 1.54) is 10.9 Å². The summed E-state index contributed by atoms with van der Waals surface area (Å²) in [6.07, 6.45) is 1.80. The fourth-order valence-corrected chi connectivity index (χ4v) is 5.25. The van der Waals surface area contributed by atoms with Crippen molar-refractivity contribution in [3.05, 3.63) is 143 Å². The highest BCUT2D eigenvalue weighted by Crippen LogP contribution is 2.52. The molecule has 0 bridgehead atoms. The van der Waals surface area contributed by atoms with Crippen LogP contribution < -0.4 is 4.74 Å². The molecule has 0 N–H and O–H groups in total. The van der Waals surface area contributed by atoms with Gasteiger partial charge in [0.1, 0.15) is 5.75 Å². The minimum absolute atomic E-state index is 0.0356. The van der Waals surface area contributed by atoms with Gasteiger partial charge in [0.15, 0.2) is 5.78 Å². The van der Waals surface area contributed by atoms with Crippen molar-refractivity contribution >= 4 is 33.4 Å². The van der Waals surface area contributed by atoms with Crippen LogP contribution in [0.5, 0.6) is 5.75 Å². The second-order valence-electron chi connectivity index (χ2n) is 8.93. The highest BCUT2D eigenvalue weighted by molar-refractivity contribution is 6.30. The van der Waals surface area contributed by atoms with Crippen LogP contribution in [0.2, 0.25) is 0 Å². The van der Waals surface area contributed by atoms with Gasteiger partial charge in [0, 0.05) is 40.2 Å². The standard InChI is InChI=1S/C33H25NO2/c1-34-28-16-10-9-15-26(28)32-31(24-13-7-4-8-14-24)30(23-11-5-3-6-12-23)27(33(32)34)21-29(35)22-17-19-25(36-2)20-18-22/h3-21H,1-2H3/b27-21-. The summed E-state index contributed by atoms with van der Waals surface area (Å²) in [7, 11) is 3.71. The van der Waals surface area contributed by atoms with E-state index in [-0.39, 0.29) is 5.78 Å². The van der Waals surface area contributed by atoms with Crippen molar-refractivity contribution in [2.75, 3.05) is 7.11 Å². The first-order chi connectivity index (χ1) is 17.7. The quantitative estimate of drug-likeness (QED) is 0.199. The second kappa shape index (κ2) is 8.86. The Morgan fingerprint density at radius 3 is 1.94 bits per heavy atom. The molecule has 174 valence electrons. The molecule has 1 heterocycles. The van der Waals surface area contributed by atoms with Crippen LogP contribution in [0.1, 0.15) is 32.7 Å². The van der Waals surface area contributed by atoms with Crippen molar-refractivity contribution in [2.45, 2.75) is 0 Å². The number of ketones is 1. The van der Waals surface area contributed by atoms with Crippen LogP contribution in [-0.4, -0.2) is 17.5 Å². The lowest BCUT2D eigenvalue weighted by atomic mass is 9.91. The van der Waals surface area contributed by atoms with E-state index >= 15 is 0 Å². The number of benzene rings is 4. The number of fused-ring (bicyclic) bond motifs is 3. The van der Waals surface area contributed by atoms with Crippen LogP contribution in [-0.2, 0) is 7.05 Å². The Hall–Kier alpha value is -4.63. The monoisotopic (exact) mass is 467 g/mol. The van der Waals surface area contributed by atoms with Crippen LogP contribution in [0.3, 0.4) is 0 Å². The summed E-state index contributed by atoms with van der Waals surface area (Å²) in [6.45, 7) is 0. The average Bonchev–Trinajstić information content (AvgIpc) is 3.42. The third kappa shape index (κ3) is 3.48. The molecule has 0 amide bonds. The minimum atomic E-state index is -0.0356. The zero-order valence-electron chi connectivity index (χ0n) is 20.2. The molecule has 3 heteroatoms. The molecule has 0 saturated carbocycles. The first kappa shape index (κ1) is 21.9. The number of allylic oxidation sites excluding steroid dienone is 3. The summed E-state index contributed by atoms with van der Waals surface area (Å²) in [5, 5.41) is 1.18. The van der Waals surface area contributed by atoms with E-state index in [4.69, 9.17) is 4.74 Å². The van der Waals surface area contributed by atoms with Gasteiger partial charge in [0.25, 0.3) is 0 Å². The predicted molar refractivity (Wildman–Crippen MR) is 147 cm³/mol. The second-order valence-corrected chi connectivity index (χ2v) is 8.93. The van der Waals surface area contributed by atoms with Gasteiger partial charge >= 0.3 is 0 Å². The number of hydrogen-bond acceptors (Lipinski definition) is 2. The fraction of sp³-hybridized carbons (Fsp3) is 0.0606. The highest BCUT2D eigenvalue weighted by Gasteiger charge is 2.34. The highest BCUT2D eigenvalue weighted by atomic mass is 16.5. The van der Waals surface area contributed by atoms with Crippen LogP contribution in [0.15, 0.2) is 115 Å². The summed E-state index contributed by atoms with van der Waals surface area (Å²) in [4.78, 5) is 13.6. The van der Waals surface area contributed by atoms with E-state index in [2.05, 4.69) is 84.4 Å². The molecule has 0 spiro atoms. The van der Waals surface area contributed by atoms with Crippen LogP contribution >= 0.6 is 0 Å². The van der Waals surface area contributed by atoms with Crippen molar-refractivity contribution in [1.29, 1.82) is 0 Å². The van der Waals surface area contributed by atoms with Gasteiger partial charge in [-0.05, 0) is 53.1 Å². The largest absolute Gasteiger partial charge is 0.497 e. The van der Waals surface area contributed by atoms with Gasteiger partial charge in [-0.3, -0.25) is 4.79 Å². The molecule has 3 nitrogen and oxygen atoms in total. The number of aromatic nitrogens is 1. The topological polar surface area (TPSA) is 31.2 Å². The molecular weight excluding hydrogens is 442 g/mol. The first-order valence-corrected chi connectivity index (χ1v) is 12.0. The summed E-state index contributed by atoms with van der Waals surface area (Å²) >= 11 is 0. The molecule has 5 aromatic rings. The zero-order chi connectivity index (χ0) is 24.6. The summed E-state index contributed by atoms with van der Waals surface area (Å²) in [5.74, 6) is 0.693. The van der Waals surface area contributed by atoms with Crippen molar-refractivity contribution in [3.63, 3.8) is 0 Å². The van der Waals surface area contributed by atoms with E-state index in [0.717, 1.165) is 44.8 Å². The summed E-state index contributed by atoms with van der Waals surface area (Å²) < 4.78 is 7.50. The van der Waals surface area contributed by atoms with Crippen molar-refractivity contribution < 1.29 is 9.53 Å². The van der Waals surface area contributed by atoms with Gasteiger partial charge in [0.05, 0.1) is 12.8 Å². The Kier molecular flexibility index (Phi) is 5.38. The molecule has 0 fully saturated rings. The maximum absolute atomic E-state index is 13.6. The lowest BCUT2D eigenvalue weighted by Gasteiger charge is -2.13. The number of ether oxygens (including phenoxy) is 1. The smallest absolute Gasteiger partial charge is 0.186 e. The molecule has 0 saturated heterocycles. The number of rotatable bonds is 5. The third-order valence-corrected chi connectivity index (χ3v) is 6.91. The van der Waals surface area contributed by atoms with E-state index in [1.807, 2.05) is 36.4 Å². The predicted octanol–water partition coefficient (Wildman–Crippen LogP) is 7.43. The molecule has 0 unspecified atom stereocenters. The van der Waals surface area contributed by atoms with E-state index in [0.29, 0.717) is 5.56 Å². The number of methoxy groups -OCH3 is 1. The number of nitrogens with zero attached hydrogens (tertiary/aromatic N) is 1. The third-order valence-electron chi connectivity index (χ3n) is 6.91. The van der Waals surface area contributed by atoms with Crippen LogP contribution in [0.25, 0.3) is 27.6 Å². The minimum Gasteiger partial charge on any atom is -0.497 e. The SMILES string of the molecule is COc1ccc(C(=O)/C=C2/C(c3ccccc3)=C(c3ccccc3)c3c2n(C)c2ccccc32)cc1. The number of hydrogen-bond donors (Lipinski definition) is 0. The van der Waals surface area contributed by atoms with Crippen molar-refractivity contribution in [1.82, 2.24) is 4.57 Å². The molecule has 0 atom stereocenters. The van der Waals surface area contributed by atoms with E-state index in [9.17, 15) is 4.79 Å². The van der Waals surface area contributed by atoms with E-state index in [1.54, 1.807) is 13.2 Å². The first-order valence-electron chi connectivity index (χ1n) is 12.0. The Bertz CT molecular complexity index is 1650. The lowest BCUT2D eigenvalue weighted by Crippen LogP contribution is -2.01. The summed E-state index contributed by atoms with van der Waals surface area (Å²) in [6, 6.07) is 36.6. The number of aryl methyl sites for hydroxylation is 1. The Morgan fingerprint density at radius 1 is 0.722 bits per heavy atom. The fourth-order valence-electron chi connectivity index (χ4n) is 5.25. The molecule has 0 radical (unpaired) electrons. The maximum Gasteiger partial charge on any atom is 0.186 e. The van der Waals surface area contributed by atoms with Gasteiger partial charge in [-0.2, -0.15) is 0 Å². The molecule has 6 rings (SSSR count). The molecule has 36 heavy (non-hydrogen) atoms. The van der Waals surface area contributed by atoms with Crippen molar-refractivity contribution in [3.8, 4) is 5.75 Å². The van der Waals surface area contributed by atoms with Crippen molar-refractivity contribution in [2.24, 2.45) is 7.05 Å². The Morgan fingerprint density at radius 2 is 1.31 bits per heavy atom. The molecule has 1 aromatic heterocycles. The number of para-hydroxylation sites is 1. The van der Waals surface area contributed by atoms with Gasteiger partial charge in [-0.1, -0.05) is 78.9 Å². The molecule has 4 aromatic carbocycles. The van der Waals surface area contributed by atoms with Gasteiger partial charge < -0.3 is 9.30 Å². The zero-order valence-corrected chi connectivity index (χ0v) is 20.2. The van der Waals surface area contributed by atoms with Crippen LogP contribution in [0, 0.1) is 0 Å². The maximum atomic E-state index is 13.6. The molecule has 1 aliphatic rings. The average molecular weight is 468 g/mol. The molecule has 1 aliphatic carbocycles. The van der Waals surface area contributed by atoms with E-state index < -0.39 is 0 Å².